The molecule has 0 fully saturated rings. The van der Waals surface area contributed by atoms with E-state index in [0.29, 0.717) is 22.3 Å². The number of hydrogen-bond acceptors (Lipinski definition) is 1. The van der Waals surface area contributed by atoms with Crippen LogP contribution in [0.1, 0.15) is 52.0 Å². The van der Waals surface area contributed by atoms with Gasteiger partial charge in [-0.1, -0.05) is 151 Å². The van der Waals surface area contributed by atoms with E-state index in [1.165, 1.54) is 0 Å². The van der Waals surface area contributed by atoms with E-state index in [0.717, 1.165) is 22.4 Å². The Hall–Kier alpha value is -5.86. The van der Waals surface area contributed by atoms with Gasteiger partial charge in [0.1, 0.15) is 0 Å². The average molecular weight is 606 g/mol. The van der Waals surface area contributed by atoms with Crippen molar-refractivity contribution in [2.24, 2.45) is 0 Å². The number of nitrogens with one attached hydrogen (secondary N) is 1. The highest BCUT2D eigenvalue weighted by Crippen LogP contribution is 2.57. The molecule has 2 heteroatoms. The van der Waals surface area contributed by atoms with Gasteiger partial charge in [0.05, 0.1) is 34.9 Å². The predicted octanol–water partition coefficient (Wildman–Crippen LogP) is 11.7. The van der Waals surface area contributed by atoms with E-state index in [1.54, 1.807) is 41.3 Å². The zero-order valence-corrected chi connectivity index (χ0v) is 24.0. The second-order valence-corrected chi connectivity index (χ2v) is 10.9. The molecular formula is C44H32N2. The molecule has 1 aromatic heterocycles. The summed E-state index contributed by atoms with van der Waals surface area (Å²) in [6, 6.07) is 9.34. The summed E-state index contributed by atoms with van der Waals surface area (Å²) in [4.78, 5) is 5.06. The number of nitrogens with zero attached hydrogens (tertiary/aromatic N) is 1. The fraction of sp³-hybridized carbons (Fsp3) is 0.0455. The SMILES string of the molecule is [2H]c1cc(-c2c([2H])c([2H])c(N3c4ccc5c([nH]c6ccccc65)c4C(c4c([2H])c([2H])c(-c5c([2H])c([2H])c([2H])c([2H])c5[2H])c([2H])c4[2H])C3c3ccccc3)c([2H])c2[2H])c([2H])c([2H])c1[2H]. The average Bonchev–Trinajstić information content (AvgIpc) is 3.82. The summed E-state index contributed by atoms with van der Waals surface area (Å²) in [6.07, 6.45) is 0. The first kappa shape index (κ1) is 14.5. The van der Waals surface area contributed by atoms with Crippen LogP contribution in [0, 0.1) is 0 Å². The number of para-hydroxylation sites is 1. The Bertz CT molecular complexity index is 3210. The van der Waals surface area contributed by atoms with Crippen LogP contribution in [0.25, 0.3) is 44.1 Å². The van der Waals surface area contributed by atoms with Crippen LogP contribution < -0.4 is 4.90 Å². The summed E-state index contributed by atoms with van der Waals surface area (Å²) < 4.78 is 151. The van der Waals surface area contributed by atoms with E-state index in [2.05, 4.69) is 4.98 Å². The summed E-state index contributed by atoms with van der Waals surface area (Å²) in [5.74, 6) is -1.16. The highest BCUT2D eigenvalue weighted by Gasteiger charge is 2.42. The molecule has 0 saturated carbocycles. The van der Waals surface area contributed by atoms with E-state index >= 15 is 0 Å². The number of anilines is 2. The minimum Gasteiger partial charge on any atom is -0.354 e. The Morgan fingerprint density at radius 1 is 0.500 bits per heavy atom. The van der Waals surface area contributed by atoms with Crippen molar-refractivity contribution < 1.29 is 23.3 Å². The number of fused-ring (bicyclic) bond motifs is 5. The Kier molecular flexibility index (Phi) is 3.45. The fourth-order valence-electron chi connectivity index (χ4n) is 6.42. The van der Waals surface area contributed by atoms with E-state index in [-0.39, 0.29) is 22.4 Å². The largest absolute Gasteiger partial charge is 0.354 e. The van der Waals surface area contributed by atoms with Crippen LogP contribution in [0.4, 0.5) is 11.4 Å². The highest BCUT2D eigenvalue weighted by atomic mass is 15.2. The third kappa shape index (κ3) is 4.34. The van der Waals surface area contributed by atoms with Crippen molar-refractivity contribution in [2.75, 3.05) is 4.90 Å². The molecule has 0 bridgehead atoms. The highest BCUT2D eigenvalue weighted by molar-refractivity contribution is 6.10. The predicted molar refractivity (Wildman–Crippen MR) is 193 cm³/mol. The van der Waals surface area contributed by atoms with E-state index in [4.69, 9.17) is 12.3 Å². The maximum absolute atomic E-state index is 9.64. The molecule has 0 spiro atoms. The molecule has 2 nitrogen and oxygen atoms in total. The quantitative estimate of drug-likeness (QED) is 0.207. The van der Waals surface area contributed by atoms with Crippen molar-refractivity contribution in [1.29, 1.82) is 0 Å². The first-order valence-electron chi connectivity index (χ1n) is 23.1. The molecule has 0 radical (unpaired) electrons. The molecule has 218 valence electrons. The maximum atomic E-state index is 9.64. The van der Waals surface area contributed by atoms with Gasteiger partial charge in [0.25, 0.3) is 0 Å². The zero-order valence-electron chi connectivity index (χ0n) is 41.0. The second-order valence-electron chi connectivity index (χ2n) is 10.9. The lowest BCUT2D eigenvalue weighted by atomic mass is 9.83. The zero-order chi connectivity index (χ0) is 45.2. The standard InChI is InChI=1S/C44H32N2/c1-4-12-30(13-5-1)32-20-22-34(23-21-32)41-42-40(29-28-38-37-18-10-11-19-39(37)45-43(38)42)46(44(41)35-16-8-3-9-17-35)36-26-24-33(25-27-36)31-14-6-2-7-15-31/h1-29,41,44-45H/i1D,2D,4D,5D,6D,7D,12D,13D,14D,20D,21D,22D,23D,24D,25D,26D,27D. The molecule has 2 unspecified atom stereocenters. The van der Waals surface area contributed by atoms with Gasteiger partial charge < -0.3 is 9.88 Å². The van der Waals surface area contributed by atoms with Crippen LogP contribution in [0.3, 0.4) is 0 Å². The van der Waals surface area contributed by atoms with Crippen LogP contribution in [-0.2, 0) is 0 Å². The third-order valence-electron chi connectivity index (χ3n) is 8.38. The summed E-state index contributed by atoms with van der Waals surface area (Å²) in [5, 5.41) is 1.54. The van der Waals surface area contributed by atoms with Crippen LogP contribution in [0.15, 0.2) is 176 Å². The van der Waals surface area contributed by atoms with E-state index < -0.39 is 126 Å². The molecular weight excluding hydrogens is 556 g/mol. The van der Waals surface area contributed by atoms with Crippen molar-refractivity contribution in [3.8, 4) is 22.3 Å². The van der Waals surface area contributed by atoms with Gasteiger partial charge in [-0.3, -0.25) is 0 Å². The fourth-order valence-corrected chi connectivity index (χ4v) is 6.42. The summed E-state index contributed by atoms with van der Waals surface area (Å²) in [5.41, 5.74) is 0.623. The molecule has 2 heterocycles. The lowest BCUT2D eigenvalue weighted by molar-refractivity contribution is 0.659. The van der Waals surface area contributed by atoms with Crippen molar-refractivity contribution in [1.82, 2.24) is 4.98 Å². The van der Waals surface area contributed by atoms with Gasteiger partial charge in [-0.05, 0) is 57.6 Å². The minimum atomic E-state index is -1.16. The maximum Gasteiger partial charge on any atom is 0.0702 e. The Morgan fingerprint density at radius 2 is 1.15 bits per heavy atom. The van der Waals surface area contributed by atoms with Crippen molar-refractivity contribution >= 4 is 33.2 Å². The van der Waals surface area contributed by atoms with Crippen molar-refractivity contribution in [2.45, 2.75) is 12.0 Å². The molecule has 2 atom stereocenters. The minimum absolute atomic E-state index is 0.142. The smallest absolute Gasteiger partial charge is 0.0702 e. The van der Waals surface area contributed by atoms with Gasteiger partial charge in [-0.2, -0.15) is 0 Å². The summed E-state index contributed by atoms with van der Waals surface area (Å²) in [7, 11) is 0. The van der Waals surface area contributed by atoms with Gasteiger partial charge in [-0.15, -0.1) is 0 Å². The van der Waals surface area contributed by atoms with Gasteiger partial charge >= 0.3 is 0 Å². The molecule has 0 saturated heterocycles. The molecule has 8 aromatic rings. The first-order valence-corrected chi connectivity index (χ1v) is 14.6. The molecule has 0 amide bonds. The molecule has 46 heavy (non-hydrogen) atoms. The first-order chi connectivity index (χ1) is 29.9. The topological polar surface area (TPSA) is 19.0 Å². The van der Waals surface area contributed by atoms with Crippen LogP contribution in [0.5, 0.6) is 0 Å². The molecule has 7 aromatic carbocycles. The second kappa shape index (κ2) is 10.9. The van der Waals surface area contributed by atoms with Gasteiger partial charge in [0, 0.05) is 39.1 Å². The van der Waals surface area contributed by atoms with E-state index in [1.807, 2.05) is 30.3 Å². The Morgan fingerprint density at radius 3 is 1.96 bits per heavy atom. The lowest BCUT2D eigenvalue weighted by Gasteiger charge is -2.31. The third-order valence-corrected chi connectivity index (χ3v) is 8.38. The number of H-pyrrole nitrogens is 1. The van der Waals surface area contributed by atoms with Crippen LogP contribution in [0.2, 0.25) is 0 Å². The number of hydrogen-bond donors (Lipinski definition) is 1. The van der Waals surface area contributed by atoms with Gasteiger partial charge in [-0.25, -0.2) is 0 Å². The normalized spacial score (nSPS) is 21.0. The molecule has 9 rings (SSSR count). The number of aromatic amines is 1. The number of rotatable bonds is 5. The number of aromatic nitrogens is 1. The van der Waals surface area contributed by atoms with Crippen LogP contribution >= 0.6 is 0 Å². The summed E-state index contributed by atoms with van der Waals surface area (Å²) in [6.45, 7) is 0. The molecule has 1 N–H and O–H groups in total. The van der Waals surface area contributed by atoms with Gasteiger partial charge in [0.15, 0.2) is 0 Å². The van der Waals surface area contributed by atoms with Crippen LogP contribution in [-0.4, -0.2) is 4.98 Å². The monoisotopic (exact) mass is 605 g/mol. The summed E-state index contributed by atoms with van der Waals surface area (Å²) >= 11 is 0. The Balaban J connectivity index is 1.40. The molecule has 1 aliphatic heterocycles. The molecule has 0 aliphatic carbocycles. The molecule has 1 aliphatic rings. The Labute approximate surface area is 293 Å². The lowest BCUT2D eigenvalue weighted by Crippen LogP contribution is -2.22. The van der Waals surface area contributed by atoms with Crippen molar-refractivity contribution in [3.63, 3.8) is 0 Å². The van der Waals surface area contributed by atoms with Crippen molar-refractivity contribution in [3.05, 3.63) is 192 Å². The van der Waals surface area contributed by atoms with Gasteiger partial charge in [0.2, 0.25) is 0 Å². The van der Waals surface area contributed by atoms with E-state index in [9.17, 15) is 11.0 Å². The number of benzene rings is 7.